The van der Waals surface area contributed by atoms with Crippen LogP contribution in [0.3, 0.4) is 0 Å². The van der Waals surface area contributed by atoms with E-state index in [2.05, 4.69) is 10.6 Å². The summed E-state index contributed by atoms with van der Waals surface area (Å²) in [6.45, 7) is 8.32. The third-order valence-electron chi connectivity index (χ3n) is 3.39. The van der Waals surface area contributed by atoms with E-state index in [0.717, 1.165) is 6.42 Å². The van der Waals surface area contributed by atoms with E-state index in [-0.39, 0.29) is 17.8 Å². The van der Waals surface area contributed by atoms with Crippen LogP contribution in [0.2, 0.25) is 0 Å². The summed E-state index contributed by atoms with van der Waals surface area (Å²) in [5.41, 5.74) is 0.648. The molecule has 138 valence electrons. The van der Waals surface area contributed by atoms with Crippen LogP contribution in [0, 0.1) is 5.41 Å². The van der Waals surface area contributed by atoms with Gasteiger partial charge in [-0.05, 0) is 37.1 Å². The van der Waals surface area contributed by atoms with Crippen molar-refractivity contribution < 1.29 is 19.1 Å². The van der Waals surface area contributed by atoms with Crippen LogP contribution in [-0.2, 0) is 14.3 Å². The van der Waals surface area contributed by atoms with Gasteiger partial charge in [0.15, 0.2) is 0 Å². The Balaban J connectivity index is 2.35. The zero-order chi connectivity index (χ0) is 18.9. The summed E-state index contributed by atoms with van der Waals surface area (Å²) in [5.74, 6) is -0.529. The highest BCUT2D eigenvalue weighted by atomic mass is 16.5. The van der Waals surface area contributed by atoms with E-state index in [1.807, 2.05) is 27.7 Å². The fourth-order valence-corrected chi connectivity index (χ4v) is 1.91. The van der Waals surface area contributed by atoms with Gasteiger partial charge in [0.05, 0.1) is 12.2 Å². The first-order valence-corrected chi connectivity index (χ1v) is 8.59. The van der Waals surface area contributed by atoms with Crippen LogP contribution >= 0.6 is 0 Å². The zero-order valence-corrected chi connectivity index (χ0v) is 15.5. The van der Waals surface area contributed by atoms with E-state index in [0.29, 0.717) is 37.2 Å². The van der Waals surface area contributed by atoms with E-state index in [4.69, 9.17) is 4.74 Å². The Bertz CT molecular complexity index is 588. The topological polar surface area (TPSA) is 84.5 Å². The van der Waals surface area contributed by atoms with Gasteiger partial charge >= 0.3 is 5.97 Å². The van der Waals surface area contributed by atoms with E-state index in [1.54, 1.807) is 24.3 Å². The number of carbonyl (C=O) groups excluding carboxylic acids is 3. The Morgan fingerprint density at radius 2 is 1.72 bits per heavy atom. The first-order chi connectivity index (χ1) is 11.7. The summed E-state index contributed by atoms with van der Waals surface area (Å²) in [5, 5.41) is 5.57. The molecule has 0 fully saturated rings. The predicted octanol–water partition coefficient (Wildman–Crippen LogP) is 3.13. The zero-order valence-electron chi connectivity index (χ0n) is 15.5. The van der Waals surface area contributed by atoms with Crippen molar-refractivity contribution in [2.45, 2.75) is 47.0 Å². The number of hydrogen-bond acceptors (Lipinski definition) is 4. The van der Waals surface area contributed by atoms with Crippen molar-refractivity contribution in [2.24, 2.45) is 5.41 Å². The minimum Gasteiger partial charge on any atom is -0.462 e. The lowest BCUT2D eigenvalue weighted by Crippen LogP contribution is -2.35. The molecular weight excluding hydrogens is 320 g/mol. The van der Waals surface area contributed by atoms with E-state index >= 15 is 0 Å². The maximum Gasteiger partial charge on any atom is 0.338 e. The Labute approximate surface area is 149 Å². The average molecular weight is 348 g/mol. The average Bonchev–Trinajstić information content (AvgIpc) is 2.56. The number of ether oxygens (including phenoxy) is 1. The molecule has 2 amide bonds. The van der Waals surface area contributed by atoms with Crippen molar-refractivity contribution in [2.75, 3.05) is 18.5 Å². The molecule has 0 saturated carbocycles. The fraction of sp³-hybridized carbons (Fsp3) is 0.526. The highest BCUT2D eigenvalue weighted by Crippen LogP contribution is 2.13. The van der Waals surface area contributed by atoms with E-state index in [9.17, 15) is 14.4 Å². The fourth-order valence-electron chi connectivity index (χ4n) is 1.91. The van der Waals surface area contributed by atoms with Crippen LogP contribution in [0.1, 0.15) is 57.3 Å². The molecule has 0 saturated heterocycles. The van der Waals surface area contributed by atoms with Gasteiger partial charge in [-0.25, -0.2) is 4.79 Å². The minimum atomic E-state index is -0.428. The molecule has 0 aliphatic rings. The first-order valence-electron chi connectivity index (χ1n) is 8.59. The van der Waals surface area contributed by atoms with Gasteiger partial charge in [-0.2, -0.15) is 0 Å². The molecule has 0 atom stereocenters. The summed E-state index contributed by atoms with van der Waals surface area (Å²) in [7, 11) is 0. The molecule has 6 heteroatoms. The second-order valence-corrected chi connectivity index (χ2v) is 6.87. The molecule has 0 spiro atoms. The van der Waals surface area contributed by atoms with Crippen molar-refractivity contribution in [3.63, 3.8) is 0 Å². The lowest BCUT2D eigenvalue weighted by Gasteiger charge is -2.17. The van der Waals surface area contributed by atoms with Crippen LogP contribution in [0.4, 0.5) is 5.69 Å². The van der Waals surface area contributed by atoms with Crippen molar-refractivity contribution in [1.82, 2.24) is 5.32 Å². The van der Waals surface area contributed by atoms with Gasteiger partial charge < -0.3 is 15.4 Å². The third-order valence-corrected chi connectivity index (χ3v) is 3.39. The molecule has 0 aromatic heterocycles. The number of anilines is 1. The normalized spacial score (nSPS) is 10.9. The summed E-state index contributed by atoms with van der Waals surface area (Å²) >= 11 is 0. The SMILES string of the molecule is CCCOC(=O)c1ccc(NC(=O)CCCNC(=O)C(C)(C)C)cc1. The standard InChI is InChI=1S/C19H28N2O4/c1-5-13-25-17(23)14-8-10-15(11-9-14)21-16(22)7-6-12-20-18(24)19(2,3)4/h8-11H,5-7,12-13H2,1-4H3,(H,20,24)(H,21,22). The van der Waals surface area contributed by atoms with Gasteiger partial charge in [-0.3, -0.25) is 9.59 Å². The molecule has 25 heavy (non-hydrogen) atoms. The van der Waals surface area contributed by atoms with Gasteiger partial charge in [-0.15, -0.1) is 0 Å². The van der Waals surface area contributed by atoms with Crippen LogP contribution in [0.5, 0.6) is 0 Å². The van der Waals surface area contributed by atoms with Crippen molar-refractivity contribution in [3.05, 3.63) is 29.8 Å². The Morgan fingerprint density at radius 3 is 2.28 bits per heavy atom. The molecule has 1 rings (SSSR count). The van der Waals surface area contributed by atoms with Gasteiger partial charge in [-0.1, -0.05) is 27.7 Å². The molecule has 0 bridgehead atoms. The molecule has 0 radical (unpaired) electrons. The summed E-state index contributed by atoms with van der Waals surface area (Å²) in [6, 6.07) is 6.58. The lowest BCUT2D eigenvalue weighted by molar-refractivity contribution is -0.128. The number of carbonyl (C=O) groups is 3. The van der Waals surface area contributed by atoms with Gasteiger partial charge in [0, 0.05) is 24.1 Å². The smallest absolute Gasteiger partial charge is 0.338 e. The second kappa shape index (κ2) is 9.81. The largest absolute Gasteiger partial charge is 0.462 e. The number of esters is 1. The van der Waals surface area contributed by atoms with Crippen LogP contribution < -0.4 is 10.6 Å². The molecule has 0 aliphatic carbocycles. The second-order valence-electron chi connectivity index (χ2n) is 6.87. The number of benzene rings is 1. The number of rotatable bonds is 8. The molecule has 1 aromatic rings. The summed E-state index contributed by atoms with van der Waals surface area (Å²) in [6.07, 6.45) is 1.65. The number of amides is 2. The van der Waals surface area contributed by atoms with E-state index in [1.165, 1.54) is 0 Å². The molecule has 0 heterocycles. The first kappa shape index (κ1) is 20.7. The van der Waals surface area contributed by atoms with Crippen molar-refractivity contribution in [1.29, 1.82) is 0 Å². The lowest BCUT2D eigenvalue weighted by atomic mass is 9.96. The number of hydrogen-bond donors (Lipinski definition) is 2. The summed E-state index contributed by atoms with van der Waals surface area (Å²) in [4.78, 5) is 35.3. The monoisotopic (exact) mass is 348 g/mol. The maximum atomic E-state index is 11.9. The van der Waals surface area contributed by atoms with Gasteiger partial charge in [0.1, 0.15) is 0 Å². The van der Waals surface area contributed by atoms with Crippen LogP contribution in [-0.4, -0.2) is 30.9 Å². The minimum absolute atomic E-state index is 0.0292. The molecule has 0 aliphatic heterocycles. The van der Waals surface area contributed by atoms with Crippen LogP contribution in [0.15, 0.2) is 24.3 Å². The molecule has 2 N–H and O–H groups in total. The molecule has 1 aromatic carbocycles. The molecular formula is C19H28N2O4. The van der Waals surface area contributed by atoms with E-state index < -0.39 is 5.41 Å². The Kier molecular flexibility index (Phi) is 8.11. The van der Waals surface area contributed by atoms with Gasteiger partial charge in [0.2, 0.25) is 11.8 Å². The predicted molar refractivity (Wildman–Crippen MR) is 97.3 cm³/mol. The third kappa shape index (κ3) is 7.83. The maximum absolute atomic E-state index is 11.9. The summed E-state index contributed by atoms with van der Waals surface area (Å²) < 4.78 is 5.05. The molecule has 0 unspecified atom stereocenters. The Morgan fingerprint density at radius 1 is 1.08 bits per heavy atom. The van der Waals surface area contributed by atoms with Crippen molar-refractivity contribution in [3.8, 4) is 0 Å². The quantitative estimate of drug-likeness (QED) is 0.558. The highest BCUT2D eigenvalue weighted by molar-refractivity contribution is 5.93. The Hall–Kier alpha value is -2.37. The van der Waals surface area contributed by atoms with Gasteiger partial charge in [0.25, 0.3) is 0 Å². The van der Waals surface area contributed by atoms with Crippen LogP contribution in [0.25, 0.3) is 0 Å². The molecule has 6 nitrogen and oxygen atoms in total. The highest BCUT2D eigenvalue weighted by Gasteiger charge is 2.20. The van der Waals surface area contributed by atoms with Crippen molar-refractivity contribution >= 4 is 23.5 Å². The number of nitrogens with one attached hydrogen (secondary N) is 2.